The molecule has 1 rings (SSSR count). The van der Waals surface area contributed by atoms with Crippen molar-refractivity contribution in [3.05, 3.63) is 35.4 Å². The normalized spacial score (nSPS) is 8.27. The van der Waals surface area contributed by atoms with E-state index < -0.39 is 0 Å². The highest BCUT2D eigenvalue weighted by atomic mass is 16.1. The smallest absolute Gasteiger partial charge is 0.252 e. The summed E-state index contributed by atoms with van der Waals surface area (Å²) in [6, 6.07) is 8.45. The largest absolute Gasteiger partial charge is 0.341 e. The summed E-state index contributed by atoms with van der Waals surface area (Å²) < 4.78 is 0. The first-order chi connectivity index (χ1) is 7.27. The van der Waals surface area contributed by atoms with Crippen LogP contribution in [0.25, 0.3) is 0 Å². The molecule has 0 bridgehead atoms. The third-order valence-electron chi connectivity index (χ3n) is 1.79. The maximum atomic E-state index is 11.5. The van der Waals surface area contributed by atoms with Crippen molar-refractivity contribution in [2.24, 2.45) is 0 Å². The number of carbonyl (C=O) groups excluding carboxylic acids is 1. The van der Waals surface area contributed by atoms with Crippen molar-refractivity contribution in [3.8, 4) is 17.9 Å². The summed E-state index contributed by atoms with van der Waals surface area (Å²) in [5.74, 6) is 5.24. The van der Waals surface area contributed by atoms with E-state index in [9.17, 15) is 4.79 Å². The number of rotatable bonds is 2. The molecule has 1 N–H and O–H groups in total. The number of carbonyl (C=O) groups is 1. The highest BCUT2D eigenvalue weighted by Crippen LogP contribution is 2.02. The van der Waals surface area contributed by atoms with Gasteiger partial charge in [0.1, 0.15) is 0 Å². The van der Waals surface area contributed by atoms with Gasteiger partial charge in [0.2, 0.25) is 0 Å². The van der Waals surface area contributed by atoms with Crippen LogP contribution in [0.5, 0.6) is 0 Å². The molecule has 0 radical (unpaired) electrons. The molecular formula is C12H10N2O. The van der Waals surface area contributed by atoms with Crippen molar-refractivity contribution < 1.29 is 4.79 Å². The van der Waals surface area contributed by atoms with E-state index in [1.165, 1.54) is 0 Å². The molecule has 3 heteroatoms. The highest BCUT2D eigenvalue weighted by Gasteiger charge is 2.02. The lowest BCUT2D eigenvalue weighted by Crippen LogP contribution is -2.23. The zero-order valence-corrected chi connectivity index (χ0v) is 8.37. The fraction of sp³-hybridized carbons (Fsp3) is 0.167. The molecule has 0 unspecified atom stereocenters. The Morgan fingerprint density at radius 2 is 2.07 bits per heavy atom. The number of hydrogen-bond donors (Lipinski definition) is 1. The lowest BCUT2D eigenvalue weighted by atomic mass is 10.1. The zero-order chi connectivity index (χ0) is 11.1. The van der Waals surface area contributed by atoms with Gasteiger partial charge in [-0.15, -0.1) is 5.92 Å². The molecule has 0 saturated carbocycles. The van der Waals surface area contributed by atoms with Gasteiger partial charge in [0.15, 0.2) is 0 Å². The molecule has 0 heterocycles. The van der Waals surface area contributed by atoms with Gasteiger partial charge in [-0.1, -0.05) is 5.92 Å². The van der Waals surface area contributed by atoms with Gasteiger partial charge in [0.05, 0.1) is 18.2 Å². The van der Waals surface area contributed by atoms with E-state index in [1.807, 2.05) is 6.07 Å². The number of benzene rings is 1. The molecule has 0 atom stereocenters. The lowest BCUT2D eigenvalue weighted by Gasteiger charge is -2.00. The molecule has 0 spiro atoms. The van der Waals surface area contributed by atoms with E-state index >= 15 is 0 Å². The van der Waals surface area contributed by atoms with Crippen molar-refractivity contribution >= 4 is 5.91 Å². The van der Waals surface area contributed by atoms with Crippen molar-refractivity contribution in [2.45, 2.75) is 6.92 Å². The van der Waals surface area contributed by atoms with Gasteiger partial charge in [-0.25, -0.2) is 0 Å². The molecule has 3 nitrogen and oxygen atoms in total. The molecule has 1 aromatic carbocycles. The molecule has 74 valence electrons. The first-order valence-electron chi connectivity index (χ1n) is 4.46. The van der Waals surface area contributed by atoms with Crippen LogP contribution in [0, 0.1) is 23.2 Å². The number of nitriles is 1. The molecular weight excluding hydrogens is 188 g/mol. The second-order valence-electron chi connectivity index (χ2n) is 2.80. The van der Waals surface area contributed by atoms with Crippen molar-refractivity contribution in [1.82, 2.24) is 5.32 Å². The Morgan fingerprint density at radius 3 is 2.60 bits per heavy atom. The molecule has 1 amide bonds. The maximum Gasteiger partial charge on any atom is 0.252 e. The van der Waals surface area contributed by atoms with E-state index in [2.05, 4.69) is 17.2 Å². The second kappa shape index (κ2) is 5.47. The number of nitrogens with one attached hydrogen (secondary N) is 1. The number of amides is 1. The average molecular weight is 198 g/mol. The lowest BCUT2D eigenvalue weighted by molar-refractivity contribution is 0.0958. The van der Waals surface area contributed by atoms with Crippen LogP contribution in [0.2, 0.25) is 0 Å². The van der Waals surface area contributed by atoms with Crippen LogP contribution in [-0.4, -0.2) is 12.5 Å². The summed E-state index contributed by atoms with van der Waals surface area (Å²) in [6.45, 7) is 2.06. The van der Waals surface area contributed by atoms with Crippen LogP contribution in [0.3, 0.4) is 0 Å². The summed E-state index contributed by atoms with van der Waals surface area (Å²) in [5.41, 5.74) is 1.08. The first kappa shape index (κ1) is 10.8. The van der Waals surface area contributed by atoms with Crippen LogP contribution in [0.4, 0.5) is 0 Å². The quantitative estimate of drug-likeness (QED) is 0.728. The predicted molar refractivity (Wildman–Crippen MR) is 56.9 cm³/mol. The Balaban J connectivity index is 2.65. The van der Waals surface area contributed by atoms with Crippen molar-refractivity contribution in [1.29, 1.82) is 5.26 Å². The fourth-order valence-corrected chi connectivity index (χ4v) is 1.01. The Bertz CT molecular complexity index is 443. The van der Waals surface area contributed by atoms with E-state index in [-0.39, 0.29) is 5.91 Å². The third kappa shape index (κ3) is 3.17. The molecule has 0 fully saturated rings. The Labute approximate surface area is 88.7 Å². The SMILES string of the molecule is CC#CCNC(=O)c1ccc(C#N)cc1. The summed E-state index contributed by atoms with van der Waals surface area (Å²) in [4.78, 5) is 11.5. The van der Waals surface area contributed by atoms with Crippen LogP contribution < -0.4 is 5.32 Å². The fourth-order valence-electron chi connectivity index (χ4n) is 1.01. The Hall–Kier alpha value is -2.26. The van der Waals surface area contributed by atoms with E-state index in [0.717, 1.165) is 0 Å². The van der Waals surface area contributed by atoms with Gasteiger partial charge < -0.3 is 5.32 Å². The van der Waals surface area contributed by atoms with Gasteiger partial charge in [0, 0.05) is 5.56 Å². The van der Waals surface area contributed by atoms with Gasteiger partial charge in [-0.05, 0) is 31.2 Å². The maximum absolute atomic E-state index is 11.5. The van der Waals surface area contributed by atoms with Crippen molar-refractivity contribution in [2.75, 3.05) is 6.54 Å². The van der Waals surface area contributed by atoms with Gasteiger partial charge in [-0.2, -0.15) is 5.26 Å². The summed E-state index contributed by atoms with van der Waals surface area (Å²) >= 11 is 0. The van der Waals surface area contributed by atoms with E-state index in [4.69, 9.17) is 5.26 Å². The first-order valence-corrected chi connectivity index (χ1v) is 4.46. The van der Waals surface area contributed by atoms with Crippen LogP contribution in [0.1, 0.15) is 22.8 Å². The van der Waals surface area contributed by atoms with Crippen LogP contribution >= 0.6 is 0 Å². The molecule has 0 aromatic heterocycles. The molecule has 0 aliphatic carbocycles. The second-order valence-corrected chi connectivity index (χ2v) is 2.80. The summed E-state index contributed by atoms with van der Waals surface area (Å²) in [6.07, 6.45) is 0. The molecule has 15 heavy (non-hydrogen) atoms. The predicted octanol–water partition coefficient (Wildman–Crippen LogP) is 1.31. The summed E-state index contributed by atoms with van der Waals surface area (Å²) in [5, 5.41) is 11.2. The van der Waals surface area contributed by atoms with Gasteiger partial charge in [-0.3, -0.25) is 4.79 Å². The third-order valence-corrected chi connectivity index (χ3v) is 1.79. The minimum absolute atomic E-state index is 0.178. The minimum Gasteiger partial charge on any atom is -0.341 e. The van der Waals surface area contributed by atoms with Crippen molar-refractivity contribution in [3.63, 3.8) is 0 Å². The summed E-state index contributed by atoms with van der Waals surface area (Å²) in [7, 11) is 0. The van der Waals surface area contributed by atoms with Gasteiger partial charge in [0.25, 0.3) is 5.91 Å². The number of nitrogens with zero attached hydrogens (tertiary/aromatic N) is 1. The Kier molecular flexibility index (Phi) is 3.94. The average Bonchev–Trinajstić information content (AvgIpc) is 2.29. The molecule has 1 aromatic rings. The molecule has 0 aliphatic heterocycles. The van der Waals surface area contributed by atoms with E-state index in [0.29, 0.717) is 17.7 Å². The Morgan fingerprint density at radius 1 is 1.40 bits per heavy atom. The minimum atomic E-state index is -0.178. The zero-order valence-electron chi connectivity index (χ0n) is 8.37. The van der Waals surface area contributed by atoms with E-state index in [1.54, 1.807) is 31.2 Å². The highest BCUT2D eigenvalue weighted by molar-refractivity contribution is 5.94. The molecule has 0 aliphatic rings. The number of hydrogen-bond acceptors (Lipinski definition) is 2. The van der Waals surface area contributed by atoms with Crippen LogP contribution in [0.15, 0.2) is 24.3 Å². The standard InChI is InChI=1S/C12H10N2O/c1-2-3-8-14-12(15)11-6-4-10(9-13)5-7-11/h4-7H,8H2,1H3,(H,14,15). The topological polar surface area (TPSA) is 52.9 Å². The molecule has 0 saturated heterocycles. The monoisotopic (exact) mass is 198 g/mol. The van der Waals surface area contributed by atoms with Crippen LogP contribution in [-0.2, 0) is 0 Å². The van der Waals surface area contributed by atoms with Gasteiger partial charge >= 0.3 is 0 Å².